The van der Waals surface area contributed by atoms with Crippen LogP contribution in [0.2, 0.25) is 10.0 Å². The molecule has 0 fully saturated rings. The maximum absolute atomic E-state index is 13.0. The Bertz CT molecular complexity index is 1190. The molecule has 0 aromatic heterocycles. The molecule has 0 unspecified atom stereocenters. The largest absolute Gasteiger partial charge is 0.494 e. The van der Waals surface area contributed by atoms with Crippen LogP contribution in [0.15, 0.2) is 77.7 Å². The normalized spacial score (nSPS) is 12.2. The maximum atomic E-state index is 13.0. The van der Waals surface area contributed by atoms with E-state index >= 15 is 0 Å². The van der Waals surface area contributed by atoms with Gasteiger partial charge in [-0.2, -0.15) is 4.72 Å². The van der Waals surface area contributed by atoms with Gasteiger partial charge in [0, 0.05) is 16.6 Å². The number of halogens is 2. The summed E-state index contributed by atoms with van der Waals surface area (Å²) in [4.78, 5) is 13.1. The zero-order valence-electron chi connectivity index (χ0n) is 17.9. The second-order valence-electron chi connectivity index (χ2n) is 7.22. The summed E-state index contributed by atoms with van der Waals surface area (Å²) in [6.07, 6.45) is 0.178. The lowest BCUT2D eigenvalue weighted by atomic mass is 10.1. The minimum absolute atomic E-state index is 0.0394. The lowest BCUT2D eigenvalue weighted by molar-refractivity contribution is -0.122. The number of sulfonamides is 1. The number of benzene rings is 3. The number of ether oxygens (including phenoxy) is 1. The average molecular weight is 507 g/mol. The summed E-state index contributed by atoms with van der Waals surface area (Å²) in [5, 5.41) is 3.67. The molecule has 0 bridgehead atoms. The van der Waals surface area contributed by atoms with Crippen molar-refractivity contribution in [3.8, 4) is 5.75 Å². The molecule has 0 aliphatic rings. The Kier molecular flexibility index (Phi) is 8.74. The standard InChI is InChI=1S/C24H24Cl2N2O4S/c1-2-32-20-10-12-21(13-11-20)33(30,31)28-23(14-17-6-4-3-5-7-17)24(29)27-16-18-8-9-19(25)15-22(18)26/h3-13,15,23,28H,2,14,16H2,1H3,(H,27,29)/t23-/m1/s1. The molecule has 3 rings (SSSR count). The monoisotopic (exact) mass is 506 g/mol. The summed E-state index contributed by atoms with van der Waals surface area (Å²) < 4.78 is 33.9. The van der Waals surface area contributed by atoms with E-state index in [9.17, 15) is 13.2 Å². The third kappa shape index (κ3) is 7.20. The van der Waals surface area contributed by atoms with Gasteiger partial charge in [-0.05, 0) is 60.9 Å². The molecule has 0 heterocycles. The fourth-order valence-corrected chi connectivity index (χ4v) is 4.82. The molecular formula is C24H24Cl2N2O4S. The molecule has 1 atom stereocenters. The second kappa shape index (κ2) is 11.5. The SMILES string of the molecule is CCOc1ccc(S(=O)(=O)N[C@H](Cc2ccccc2)C(=O)NCc2ccc(Cl)cc2Cl)cc1. The number of rotatable bonds is 10. The molecule has 33 heavy (non-hydrogen) atoms. The molecule has 0 aliphatic heterocycles. The van der Waals surface area contributed by atoms with Gasteiger partial charge in [0.25, 0.3) is 0 Å². The van der Waals surface area contributed by atoms with Crippen LogP contribution in [-0.4, -0.2) is 27.0 Å². The van der Waals surface area contributed by atoms with Crippen LogP contribution in [0.1, 0.15) is 18.1 Å². The Morgan fingerprint density at radius 2 is 1.70 bits per heavy atom. The van der Waals surface area contributed by atoms with E-state index in [1.807, 2.05) is 37.3 Å². The van der Waals surface area contributed by atoms with Gasteiger partial charge in [-0.3, -0.25) is 4.79 Å². The van der Waals surface area contributed by atoms with Crippen molar-refractivity contribution < 1.29 is 17.9 Å². The minimum Gasteiger partial charge on any atom is -0.494 e. The molecule has 0 saturated carbocycles. The van der Waals surface area contributed by atoms with Crippen molar-refractivity contribution in [3.63, 3.8) is 0 Å². The van der Waals surface area contributed by atoms with E-state index in [2.05, 4.69) is 10.0 Å². The van der Waals surface area contributed by atoms with Crippen LogP contribution in [0, 0.1) is 0 Å². The highest BCUT2D eigenvalue weighted by molar-refractivity contribution is 7.89. The maximum Gasteiger partial charge on any atom is 0.241 e. The number of nitrogens with one attached hydrogen (secondary N) is 2. The van der Waals surface area contributed by atoms with Gasteiger partial charge in [0.15, 0.2) is 0 Å². The van der Waals surface area contributed by atoms with Crippen LogP contribution >= 0.6 is 23.2 Å². The molecular weight excluding hydrogens is 483 g/mol. The van der Waals surface area contributed by atoms with E-state index in [1.54, 1.807) is 30.3 Å². The molecule has 2 N–H and O–H groups in total. The zero-order chi connectivity index (χ0) is 23.8. The zero-order valence-corrected chi connectivity index (χ0v) is 20.3. The van der Waals surface area contributed by atoms with E-state index in [0.717, 1.165) is 5.56 Å². The predicted octanol–water partition coefficient (Wildman–Crippen LogP) is 4.60. The van der Waals surface area contributed by atoms with Gasteiger partial charge in [0.05, 0.1) is 11.5 Å². The number of amides is 1. The van der Waals surface area contributed by atoms with Crippen LogP contribution < -0.4 is 14.8 Å². The minimum atomic E-state index is -3.96. The first-order valence-electron chi connectivity index (χ1n) is 10.3. The van der Waals surface area contributed by atoms with Crippen molar-refractivity contribution in [2.24, 2.45) is 0 Å². The summed E-state index contributed by atoms with van der Waals surface area (Å²) in [5.41, 5.74) is 1.49. The van der Waals surface area contributed by atoms with Crippen molar-refractivity contribution in [3.05, 3.63) is 94.0 Å². The molecule has 0 aliphatic carbocycles. The van der Waals surface area contributed by atoms with Crippen LogP contribution in [0.4, 0.5) is 0 Å². The van der Waals surface area contributed by atoms with E-state index in [0.29, 0.717) is 28.0 Å². The van der Waals surface area contributed by atoms with Crippen molar-refractivity contribution in [2.75, 3.05) is 6.61 Å². The molecule has 0 radical (unpaired) electrons. The average Bonchev–Trinajstić information content (AvgIpc) is 2.79. The fraction of sp³-hybridized carbons (Fsp3) is 0.208. The number of carbonyl (C=O) groups excluding carboxylic acids is 1. The summed E-state index contributed by atoms with van der Waals surface area (Å²) in [6.45, 7) is 2.45. The Labute approximate surface area is 203 Å². The number of carbonyl (C=O) groups is 1. The van der Waals surface area contributed by atoms with Crippen LogP contribution in [0.25, 0.3) is 0 Å². The molecule has 174 valence electrons. The fourth-order valence-electron chi connectivity index (χ4n) is 3.15. The molecule has 0 spiro atoms. The molecule has 6 nitrogen and oxygen atoms in total. The first-order valence-corrected chi connectivity index (χ1v) is 12.5. The summed E-state index contributed by atoms with van der Waals surface area (Å²) in [5.74, 6) is 0.0919. The Hall–Kier alpha value is -2.58. The van der Waals surface area contributed by atoms with Gasteiger partial charge >= 0.3 is 0 Å². The predicted molar refractivity (Wildman–Crippen MR) is 130 cm³/mol. The highest BCUT2D eigenvalue weighted by atomic mass is 35.5. The van der Waals surface area contributed by atoms with Crippen LogP contribution in [0.5, 0.6) is 5.75 Å². The van der Waals surface area contributed by atoms with E-state index < -0.39 is 22.0 Å². The van der Waals surface area contributed by atoms with Crippen molar-refractivity contribution in [2.45, 2.75) is 30.8 Å². The first-order chi connectivity index (χ1) is 15.8. The van der Waals surface area contributed by atoms with Gasteiger partial charge in [-0.25, -0.2) is 8.42 Å². The molecule has 9 heteroatoms. The van der Waals surface area contributed by atoms with Crippen molar-refractivity contribution in [1.82, 2.24) is 10.0 Å². The number of hydrogen-bond donors (Lipinski definition) is 2. The van der Waals surface area contributed by atoms with E-state index in [1.165, 1.54) is 12.1 Å². The highest BCUT2D eigenvalue weighted by Crippen LogP contribution is 2.21. The molecule has 0 saturated heterocycles. The quantitative estimate of drug-likeness (QED) is 0.420. The molecule has 3 aromatic rings. The van der Waals surface area contributed by atoms with Gasteiger partial charge in [-0.15, -0.1) is 0 Å². The van der Waals surface area contributed by atoms with Gasteiger partial charge in [-0.1, -0.05) is 59.6 Å². The Morgan fingerprint density at radius 3 is 2.33 bits per heavy atom. The Balaban J connectivity index is 1.78. The summed E-state index contributed by atoms with van der Waals surface area (Å²) in [6, 6.07) is 19.2. The summed E-state index contributed by atoms with van der Waals surface area (Å²) >= 11 is 12.1. The van der Waals surface area contributed by atoms with Crippen LogP contribution in [-0.2, 0) is 27.8 Å². The topological polar surface area (TPSA) is 84.5 Å². The summed E-state index contributed by atoms with van der Waals surface area (Å²) in [7, 11) is -3.96. The Morgan fingerprint density at radius 1 is 1.00 bits per heavy atom. The lowest BCUT2D eigenvalue weighted by Crippen LogP contribution is -2.47. The van der Waals surface area contributed by atoms with Crippen molar-refractivity contribution >= 4 is 39.1 Å². The second-order valence-corrected chi connectivity index (χ2v) is 9.78. The van der Waals surface area contributed by atoms with Gasteiger partial charge in [0.2, 0.25) is 15.9 Å². The molecule has 1 amide bonds. The highest BCUT2D eigenvalue weighted by Gasteiger charge is 2.26. The lowest BCUT2D eigenvalue weighted by Gasteiger charge is -2.19. The van der Waals surface area contributed by atoms with Crippen LogP contribution in [0.3, 0.4) is 0 Å². The van der Waals surface area contributed by atoms with Gasteiger partial charge < -0.3 is 10.1 Å². The molecule has 3 aromatic carbocycles. The van der Waals surface area contributed by atoms with E-state index in [-0.39, 0.29) is 17.9 Å². The van der Waals surface area contributed by atoms with Gasteiger partial charge in [0.1, 0.15) is 11.8 Å². The first kappa shape index (κ1) is 25.1. The third-order valence-corrected chi connectivity index (χ3v) is 6.88. The van der Waals surface area contributed by atoms with Crippen molar-refractivity contribution in [1.29, 1.82) is 0 Å². The third-order valence-electron chi connectivity index (χ3n) is 4.81. The number of hydrogen-bond acceptors (Lipinski definition) is 4. The van der Waals surface area contributed by atoms with E-state index in [4.69, 9.17) is 27.9 Å². The smallest absolute Gasteiger partial charge is 0.241 e.